The van der Waals surface area contributed by atoms with Crippen molar-refractivity contribution in [1.29, 1.82) is 0 Å². The SMILES string of the molecule is CCCNC1CCN(C(=O)OC(C)(C)C)C2(CCCCC2)C1. The number of nitrogens with one attached hydrogen (secondary N) is 1. The van der Waals surface area contributed by atoms with Crippen LogP contribution in [0, 0.1) is 0 Å². The number of piperidine rings is 1. The molecule has 1 aliphatic carbocycles. The molecular formula is C18H34N2O2. The highest BCUT2D eigenvalue weighted by Crippen LogP contribution is 2.41. The van der Waals surface area contributed by atoms with Crippen molar-refractivity contribution in [2.75, 3.05) is 13.1 Å². The molecule has 1 saturated heterocycles. The van der Waals surface area contributed by atoms with Crippen LogP contribution in [0.1, 0.15) is 79.1 Å². The minimum absolute atomic E-state index is 0.0320. The third-order valence-corrected chi connectivity index (χ3v) is 4.98. The van der Waals surface area contributed by atoms with Crippen LogP contribution in [0.2, 0.25) is 0 Å². The van der Waals surface area contributed by atoms with E-state index in [9.17, 15) is 4.79 Å². The Balaban J connectivity index is 2.09. The van der Waals surface area contributed by atoms with Crippen LogP contribution >= 0.6 is 0 Å². The lowest BCUT2D eigenvalue weighted by atomic mass is 9.73. The molecule has 1 spiro atoms. The van der Waals surface area contributed by atoms with Gasteiger partial charge in [0.25, 0.3) is 0 Å². The van der Waals surface area contributed by atoms with Gasteiger partial charge in [0, 0.05) is 18.1 Å². The van der Waals surface area contributed by atoms with E-state index in [4.69, 9.17) is 4.74 Å². The molecule has 128 valence electrons. The first-order chi connectivity index (χ1) is 10.4. The molecule has 2 rings (SSSR count). The van der Waals surface area contributed by atoms with Crippen molar-refractivity contribution >= 4 is 6.09 Å². The molecule has 1 aliphatic heterocycles. The fraction of sp³-hybridized carbons (Fsp3) is 0.944. The minimum atomic E-state index is -0.412. The van der Waals surface area contributed by atoms with Crippen LogP contribution in [0.3, 0.4) is 0 Å². The van der Waals surface area contributed by atoms with E-state index in [0.29, 0.717) is 6.04 Å². The summed E-state index contributed by atoms with van der Waals surface area (Å²) in [7, 11) is 0. The number of likely N-dealkylation sites (tertiary alicyclic amines) is 1. The summed E-state index contributed by atoms with van der Waals surface area (Å²) in [5, 5.41) is 3.67. The largest absolute Gasteiger partial charge is 0.444 e. The second kappa shape index (κ2) is 7.20. The molecule has 1 heterocycles. The van der Waals surface area contributed by atoms with E-state index < -0.39 is 5.60 Å². The van der Waals surface area contributed by atoms with Crippen molar-refractivity contribution in [3.05, 3.63) is 0 Å². The number of hydrogen-bond acceptors (Lipinski definition) is 3. The molecule has 22 heavy (non-hydrogen) atoms. The molecule has 0 aromatic heterocycles. The minimum Gasteiger partial charge on any atom is -0.444 e. The summed E-state index contributed by atoms with van der Waals surface area (Å²) < 4.78 is 5.69. The molecule has 1 atom stereocenters. The van der Waals surface area contributed by atoms with Crippen molar-refractivity contribution < 1.29 is 9.53 Å². The number of hydrogen-bond donors (Lipinski definition) is 1. The highest BCUT2D eigenvalue weighted by Gasteiger charge is 2.46. The Morgan fingerprint density at radius 2 is 1.95 bits per heavy atom. The van der Waals surface area contributed by atoms with E-state index in [2.05, 4.69) is 17.1 Å². The fourth-order valence-electron chi connectivity index (χ4n) is 4.00. The molecule has 0 radical (unpaired) electrons. The molecule has 4 nitrogen and oxygen atoms in total. The van der Waals surface area contributed by atoms with Crippen LogP contribution in [0.25, 0.3) is 0 Å². The Bertz CT molecular complexity index is 370. The second-order valence-electron chi connectivity index (χ2n) is 8.06. The van der Waals surface area contributed by atoms with Crippen molar-refractivity contribution in [3.63, 3.8) is 0 Å². The zero-order chi connectivity index (χ0) is 16.2. The number of amides is 1. The average molecular weight is 310 g/mol. The van der Waals surface area contributed by atoms with Gasteiger partial charge in [-0.2, -0.15) is 0 Å². The topological polar surface area (TPSA) is 41.6 Å². The predicted molar refractivity (Wildman–Crippen MR) is 90.1 cm³/mol. The number of rotatable bonds is 3. The molecular weight excluding hydrogens is 276 g/mol. The molecule has 2 fully saturated rings. The molecule has 0 aromatic carbocycles. The van der Waals surface area contributed by atoms with Crippen molar-refractivity contribution in [2.24, 2.45) is 0 Å². The molecule has 1 N–H and O–H groups in total. The average Bonchev–Trinajstić information content (AvgIpc) is 2.44. The van der Waals surface area contributed by atoms with Crippen LogP contribution in [0.15, 0.2) is 0 Å². The van der Waals surface area contributed by atoms with Gasteiger partial charge < -0.3 is 15.0 Å². The third-order valence-electron chi connectivity index (χ3n) is 4.98. The van der Waals surface area contributed by atoms with Gasteiger partial charge in [-0.1, -0.05) is 26.2 Å². The van der Waals surface area contributed by atoms with Crippen LogP contribution in [0.4, 0.5) is 4.79 Å². The summed E-state index contributed by atoms with van der Waals surface area (Å²) in [6.45, 7) is 9.97. The zero-order valence-electron chi connectivity index (χ0n) is 14.9. The van der Waals surface area contributed by atoms with Crippen molar-refractivity contribution in [1.82, 2.24) is 10.2 Å². The second-order valence-corrected chi connectivity index (χ2v) is 8.06. The summed E-state index contributed by atoms with van der Waals surface area (Å²) in [5.41, 5.74) is -0.380. The summed E-state index contributed by atoms with van der Waals surface area (Å²) in [6, 6.07) is 0.553. The van der Waals surface area contributed by atoms with Gasteiger partial charge in [0.15, 0.2) is 0 Å². The lowest BCUT2D eigenvalue weighted by molar-refractivity contribution is -0.0330. The summed E-state index contributed by atoms with van der Waals surface area (Å²) in [6.07, 6.45) is 9.24. The van der Waals surface area contributed by atoms with E-state index in [-0.39, 0.29) is 11.6 Å². The highest BCUT2D eigenvalue weighted by molar-refractivity contribution is 5.69. The molecule has 0 bridgehead atoms. The maximum atomic E-state index is 12.7. The zero-order valence-corrected chi connectivity index (χ0v) is 14.9. The van der Waals surface area contributed by atoms with Gasteiger partial charge in [0.1, 0.15) is 5.60 Å². The van der Waals surface area contributed by atoms with E-state index in [1.165, 1.54) is 25.7 Å². The Morgan fingerprint density at radius 3 is 2.55 bits per heavy atom. The van der Waals surface area contributed by atoms with Gasteiger partial charge in [-0.05, 0) is 59.4 Å². The summed E-state index contributed by atoms with van der Waals surface area (Å²) in [5.74, 6) is 0. The van der Waals surface area contributed by atoms with Gasteiger partial charge in [0.2, 0.25) is 0 Å². The lowest BCUT2D eigenvalue weighted by Gasteiger charge is -2.51. The molecule has 4 heteroatoms. The summed E-state index contributed by atoms with van der Waals surface area (Å²) >= 11 is 0. The van der Waals surface area contributed by atoms with Crippen LogP contribution < -0.4 is 5.32 Å². The van der Waals surface area contributed by atoms with Gasteiger partial charge in [-0.3, -0.25) is 0 Å². The smallest absolute Gasteiger partial charge is 0.410 e. The quantitative estimate of drug-likeness (QED) is 0.853. The molecule has 2 aliphatic rings. The third kappa shape index (κ3) is 4.37. The van der Waals surface area contributed by atoms with Crippen LogP contribution in [-0.2, 0) is 4.74 Å². The number of nitrogens with zero attached hydrogens (tertiary/aromatic N) is 1. The highest BCUT2D eigenvalue weighted by atomic mass is 16.6. The van der Waals surface area contributed by atoms with Gasteiger partial charge >= 0.3 is 6.09 Å². The first-order valence-corrected chi connectivity index (χ1v) is 9.10. The Labute approximate surface area is 136 Å². The lowest BCUT2D eigenvalue weighted by Crippen LogP contribution is -2.61. The number of ether oxygens (including phenoxy) is 1. The number of carbonyl (C=O) groups is 1. The molecule has 1 amide bonds. The van der Waals surface area contributed by atoms with Gasteiger partial charge in [0.05, 0.1) is 0 Å². The maximum Gasteiger partial charge on any atom is 0.410 e. The van der Waals surface area contributed by atoms with Crippen LogP contribution in [0.5, 0.6) is 0 Å². The Hall–Kier alpha value is -0.770. The predicted octanol–water partition coefficient (Wildman–Crippen LogP) is 4.09. The first-order valence-electron chi connectivity index (χ1n) is 9.10. The maximum absolute atomic E-state index is 12.7. The fourth-order valence-corrected chi connectivity index (χ4v) is 4.00. The summed E-state index contributed by atoms with van der Waals surface area (Å²) in [4.78, 5) is 14.8. The van der Waals surface area contributed by atoms with Crippen molar-refractivity contribution in [2.45, 2.75) is 96.2 Å². The van der Waals surface area contributed by atoms with E-state index >= 15 is 0 Å². The van der Waals surface area contributed by atoms with Gasteiger partial charge in [-0.25, -0.2) is 4.79 Å². The van der Waals surface area contributed by atoms with Gasteiger partial charge in [-0.15, -0.1) is 0 Å². The van der Waals surface area contributed by atoms with E-state index in [0.717, 1.165) is 38.8 Å². The molecule has 0 aromatic rings. The normalized spacial score (nSPS) is 25.3. The van der Waals surface area contributed by atoms with Crippen LogP contribution in [-0.4, -0.2) is 41.3 Å². The Kier molecular flexibility index (Phi) is 5.76. The first kappa shape index (κ1) is 17.6. The molecule has 1 unspecified atom stereocenters. The molecule has 1 saturated carbocycles. The van der Waals surface area contributed by atoms with E-state index in [1.807, 2.05) is 20.8 Å². The van der Waals surface area contributed by atoms with E-state index in [1.54, 1.807) is 0 Å². The Morgan fingerprint density at radius 1 is 1.27 bits per heavy atom. The monoisotopic (exact) mass is 310 g/mol. The van der Waals surface area contributed by atoms with Crippen molar-refractivity contribution in [3.8, 4) is 0 Å². The number of carbonyl (C=O) groups excluding carboxylic acids is 1. The standard InChI is InChI=1S/C18H34N2O2/c1-5-12-19-15-9-13-20(16(21)22-17(2,3)4)18(14-15)10-7-6-8-11-18/h15,19H,5-14H2,1-4H3.